The van der Waals surface area contributed by atoms with Crippen molar-refractivity contribution in [3.8, 4) is 11.5 Å². The second kappa shape index (κ2) is 3.03. The summed E-state index contributed by atoms with van der Waals surface area (Å²) in [5.41, 5.74) is 1.02. The van der Waals surface area contributed by atoms with Crippen LogP contribution >= 0.6 is 0 Å². The molecule has 12 heavy (non-hydrogen) atoms. The molecule has 1 aliphatic rings. The Balaban J connectivity index is 2.36. The highest BCUT2D eigenvalue weighted by Gasteiger charge is 2.07. The average molecular weight is 165 g/mol. The van der Waals surface area contributed by atoms with Crippen molar-refractivity contribution in [1.82, 2.24) is 5.32 Å². The SMILES string of the molecule is Oc1ccc2c(c1)CNCCO2. The van der Waals surface area contributed by atoms with Crippen LogP contribution in [0, 0.1) is 0 Å². The van der Waals surface area contributed by atoms with Crippen molar-refractivity contribution in [1.29, 1.82) is 0 Å². The molecule has 1 aromatic carbocycles. The zero-order chi connectivity index (χ0) is 8.39. The van der Waals surface area contributed by atoms with Gasteiger partial charge < -0.3 is 15.2 Å². The summed E-state index contributed by atoms with van der Waals surface area (Å²) in [5.74, 6) is 1.17. The van der Waals surface area contributed by atoms with Crippen LogP contribution in [0.15, 0.2) is 18.2 Å². The molecule has 0 spiro atoms. The lowest BCUT2D eigenvalue weighted by molar-refractivity contribution is 0.325. The molecule has 0 atom stereocenters. The van der Waals surface area contributed by atoms with E-state index >= 15 is 0 Å². The Labute approximate surface area is 71.0 Å². The molecular formula is C9H11NO2. The monoisotopic (exact) mass is 165 g/mol. The number of benzene rings is 1. The molecule has 0 unspecified atom stereocenters. The highest BCUT2D eigenvalue weighted by atomic mass is 16.5. The molecule has 0 bridgehead atoms. The summed E-state index contributed by atoms with van der Waals surface area (Å²) >= 11 is 0. The fourth-order valence-corrected chi connectivity index (χ4v) is 1.30. The highest BCUT2D eigenvalue weighted by molar-refractivity contribution is 5.39. The molecule has 1 aromatic rings. The van der Waals surface area contributed by atoms with E-state index in [1.165, 1.54) is 0 Å². The van der Waals surface area contributed by atoms with E-state index in [1.54, 1.807) is 18.2 Å². The van der Waals surface area contributed by atoms with Crippen molar-refractivity contribution < 1.29 is 9.84 Å². The number of hydrogen-bond acceptors (Lipinski definition) is 3. The third-order valence-corrected chi connectivity index (χ3v) is 1.90. The van der Waals surface area contributed by atoms with Crippen molar-refractivity contribution >= 4 is 0 Å². The standard InChI is InChI=1S/C9H11NO2/c11-8-1-2-9-7(5-8)6-10-3-4-12-9/h1-2,5,10-11H,3-4,6H2. The maximum atomic E-state index is 9.20. The van der Waals surface area contributed by atoms with Gasteiger partial charge in [0.2, 0.25) is 0 Å². The molecule has 2 rings (SSSR count). The van der Waals surface area contributed by atoms with E-state index in [2.05, 4.69) is 5.32 Å². The van der Waals surface area contributed by atoms with Crippen molar-refractivity contribution in [2.75, 3.05) is 13.2 Å². The summed E-state index contributed by atoms with van der Waals surface area (Å²) in [6.45, 7) is 2.32. The Hall–Kier alpha value is -1.22. The summed E-state index contributed by atoms with van der Waals surface area (Å²) in [6, 6.07) is 5.18. The van der Waals surface area contributed by atoms with Crippen LogP contribution in [0.25, 0.3) is 0 Å². The number of nitrogens with one attached hydrogen (secondary N) is 1. The van der Waals surface area contributed by atoms with Crippen molar-refractivity contribution in [2.24, 2.45) is 0 Å². The Morgan fingerprint density at radius 2 is 2.33 bits per heavy atom. The van der Waals surface area contributed by atoms with E-state index in [9.17, 15) is 5.11 Å². The Morgan fingerprint density at radius 1 is 1.42 bits per heavy atom. The Kier molecular flexibility index (Phi) is 1.87. The number of hydrogen-bond donors (Lipinski definition) is 2. The average Bonchev–Trinajstić information content (AvgIpc) is 2.28. The van der Waals surface area contributed by atoms with E-state index in [0.717, 1.165) is 24.4 Å². The van der Waals surface area contributed by atoms with Crippen LogP contribution in [0.5, 0.6) is 11.5 Å². The molecule has 0 aromatic heterocycles. The van der Waals surface area contributed by atoms with Crippen LogP contribution in [0.4, 0.5) is 0 Å². The van der Waals surface area contributed by atoms with Gasteiger partial charge >= 0.3 is 0 Å². The highest BCUT2D eigenvalue weighted by Crippen LogP contribution is 2.24. The lowest BCUT2D eigenvalue weighted by Gasteiger charge is -2.05. The lowest BCUT2D eigenvalue weighted by Crippen LogP contribution is -2.16. The molecule has 1 aliphatic heterocycles. The Morgan fingerprint density at radius 3 is 3.25 bits per heavy atom. The molecule has 0 fully saturated rings. The molecule has 0 aliphatic carbocycles. The first kappa shape index (κ1) is 7.43. The van der Waals surface area contributed by atoms with Crippen LogP contribution < -0.4 is 10.1 Å². The minimum Gasteiger partial charge on any atom is -0.508 e. The number of ether oxygens (including phenoxy) is 1. The maximum absolute atomic E-state index is 9.20. The summed E-state index contributed by atoms with van der Waals surface area (Å²) < 4.78 is 5.43. The lowest BCUT2D eigenvalue weighted by atomic mass is 10.2. The summed E-state index contributed by atoms with van der Waals surface area (Å²) in [5, 5.41) is 12.4. The molecular weight excluding hydrogens is 154 g/mol. The Bertz CT molecular complexity index is 286. The fraction of sp³-hybridized carbons (Fsp3) is 0.333. The van der Waals surface area contributed by atoms with Gasteiger partial charge in [0, 0.05) is 18.7 Å². The number of phenolic OH excluding ortho intramolecular Hbond substituents is 1. The van der Waals surface area contributed by atoms with E-state index in [-0.39, 0.29) is 0 Å². The van der Waals surface area contributed by atoms with Gasteiger partial charge in [-0.05, 0) is 18.2 Å². The number of fused-ring (bicyclic) bond motifs is 1. The van der Waals surface area contributed by atoms with Gasteiger partial charge in [0.25, 0.3) is 0 Å². The van der Waals surface area contributed by atoms with Crippen molar-refractivity contribution in [3.05, 3.63) is 23.8 Å². The molecule has 3 nitrogen and oxygen atoms in total. The first-order valence-electron chi connectivity index (χ1n) is 4.02. The normalized spacial score (nSPS) is 16.0. The number of rotatable bonds is 0. The van der Waals surface area contributed by atoms with Crippen LogP contribution in [0.2, 0.25) is 0 Å². The molecule has 2 N–H and O–H groups in total. The van der Waals surface area contributed by atoms with Gasteiger partial charge in [-0.1, -0.05) is 0 Å². The van der Waals surface area contributed by atoms with Crippen LogP contribution in [0.3, 0.4) is 0 Å². The van der Waals surface area contributed by atoms with Gasteiger partial charge in [0.05, 0.1) is 0 Å². The summed E-state index contributed by atoms with van der Waals surface area (Å²) in [4.78, 5) is 0. The number of phenols is 1. The van der Waals surface area contributed by atoms with E-state index in [4.69, 9.17) is 4.74 Å². The van der Waals surface area contributed by atoms with E-state index in [1.807, 2.05) is 0 Å². The zero-order valence-electron chi connectivity index (χ0n) is 6.71. The topological polar surface area (TPSA) is 41.5 Å². The third-order valence-electron chi connectivity index (χ3n) is 1.90. The third kappa shape index (κ3) is 1.36. The van der Waals surface area contributed by atoms with Crippen LogP contribution in [-0.4, -0.2) is 18.3 Å². The molecule has 0 saturated carbocycles. The zero-order valence-corrected chi connectivity index (χ0v) is 6.71. The molecule has 0 saturated heterocycles. The first-order chi connectivity index (χ1) is 5.86. The molecule has 3 heteroatoms. The predicted molar refractivity (Wildman–Crippen MR) is 45.3 cm³/mol. The minimum atomic E-state index is 0.293. The van der Waals surface area contributed by atoms with Gasteiger partial charge in [-0.3, -0.25) is 0 Å². The van der Waals surface area contributed by atoms with Gasteiger partial charge in [-0.25, -0.2) is 0 Å². The minimum absolute atomic E-state index is 0.293. The van der Waals surface area contributed by atoms with Crippen molar-refractivity contribution in [3.63, 3.8) is 0 Å². The van der Waals surface area contributed by atoms with Crippen LogP contribution in [0.1, 0.15) is 5.56 Å². The van der Waals surface area contributed by atoms with Gasteiger partial charge in [-0.15, -0.1) is 0 Å². The molecule has 1 heterocycles. The van der Waals surface area contributed by atoms with Gasteiger partial charge in [0.15, 0.2) is 0 Å². The van der Waals surface area contributed by atoms with Gasteiger partial charge in [0.1, 0.15) is 18.1 Å². The summed E-state index contributed by atoms with van der Waals surface area (Å²) in [7, 11) is 0. The van der Waals surface area contributed by atoms with E-state index < -0.39 is 0 Å². The fourth-order valence-electron chi connectivity index (χ4n) is 1.30. The molecule has 0 radical (unpaired) electrons. The smallest absolute Gasteiger partial charge is 0.124 e. The number of aromatic hydroxyl groups is 1. The molecule has 64 valence electrons. The van der Waals surface area contributed by atoms with Gasteiger partial charge in [-0.2, -0.15) is 0 Å². The maximum Gasteiger partial charge on any atom is 0.124 e. The second-order valence-corrected chi connectivity index (χ2v) is 2.82. The first-order valence-corrected chi connectivity index (χ1v) is 4.02. The largest absolute Gasteiger partial charge is 0.508 e. The predicted octanol–water partition coefficient (Wildman–Crippen LogP) is 0.874. The quantitative estimate of drug-likeness (QED) is 0.599. The van der Waals surface area contributed by atoms with E-state index in [0.29, 0.717) is 12.4 Å². The summed E-state index contributed by atoms with van der Waals surface area (Å²) in [6.07, 6.45) is 0. The second-order valence-electron chi connectivity index (χ2n) is 2.82. The van der Waals surface area contributed by atoms with Crippen LogP contribution in [-0.2, 0) is 6.54 Å². The van der Waals surface area contributed by atoms with Crippen molar-refractivity contribution in [2.45, 2.75) is 6.54 Å². The molecule has 0 amide bonds.